The quantitative estimate of drug-likeness (QED) is 0.545. The molecule has 10 nitrogen and oxygen atoms in total. The normalized spacial score (nSPS) is 23.4. The van der Waals surface area contributed by atoms with Crippen molar-refractivity contribution >= 4 is 29.5 Å². The van der Waals surface area contributed by atoms with Gasteiger partial charge in [-0.3, -0.25) is 14.9 Å². The van der Waals surface area contributed by atoms with Crippen LogP contribution in [0, 0.1) is 11.7 Å². The van der Waals surface area contributed by atoms with E-state index in [1.807, 2.05) is 11.8 Å². The zero-order valence-electron chi connectivity index (χ0n) is 17.0. The first-order valence-electron chi connectivity index (χ1n) is 9.53. The number of benzene rings is 1. The SMILES string of the molecule is COC(=O)N[C@@H]1CN(c2ccc(N3C[C@@H](CN(O)C(C)=O)OC3=O)cc2F)C[C@H]1C. The van der Waals surface area contributed by atoms with E-state index in [9.17, 15) is 24.0 Å². The maximum absolute atomic E-state index is 14.9. The summed E-state index contributed by atoms with van der Waals surface area (Å²) < 4.78 is 24.6. The predicted molar refractivity (Wildman–Crippen MR) is 104 cm³/mol. The molecular formula is C19H25FN4O6. The van der Waals surface area contributed by atoms with Crippen LogP contribution >= 0.6 is 0 Å². The highest BCUT2D eigenvalue weighted by atomic mass is 19.1. The molecule has 0 bridgehead atoms. The van der Waals surface area contributed by atoms with E-state index in [1.54, 1.807) is 12.1 Å². The van der Waals surface area contributed by atoms with Crippen molar-refractivity contribution in [2.45, 2.75) is 26.0 Å². The molecule has 0 spiro atoms. The Kier molecular flexibility index (Phi) is 6.30. The molecular weight excluding hydrogens is 399 g/mol. The lowest BCUT2D eigenvalue weighted by atomic mass is 10.1. The van der Waals surface area contributed by atoms with Crippen molar-refractivity contribution in [1.82, 2.24) is 10.4 Å². The summed E-state index contributed by atoms with van der Waals surface area (Å²) in [6.45, 7) is 4.03. The van der Waals surface area contributed by atoms with Crippen molar-refractivity contribution in [2.75, 3.05) is 43.1 Å². The smallest absolute Gasteiger partial charge is 0.414 e. The lowest BCUT2D eigenvalue weighted by Gasteiger charge is -2.21. The summed E-state index contributed by atoms with van der Waals surface area (Å²) in [6.07, 6.45) is -1.93. The Bertz CT molecular complexity index is 837. The molecule has 3 rings (SSSR count). The van der Waals surface area contributed by atoms with Gasteiger partial charge in [0, 0.05) is 20.0 Å². The fourth-order valence-electron chi connectivity index (χ4n) is 3.63. The topological polar surface area (TPSA) is 112 Å². The van der Waals surface area contributed by atoms with E-state index in [0.717, 1.165) is 0 Å². The molecule has 0 unspecified atom stereocenters. The molecule has 2 saturated heterocycles. The third kappa shape index (κ3) is 4.56. The second-order valence-corrected chi connectivity index (χ2v) is 7.48. The van der Waals surface area contributed by atoms with Gasteiger partial charge < -0.3 is 19.7 Å². The second kappa shape index (κ2) is 8.74. The van der Waals surface area contributed by atoms with Crippen molar-refractivity contribution in [3.05, 3.63) is 24.0 Å². The number of carbonyl (C=O) groups excluding carboxylic acids is 3. The van der Waals surface area contributed by atoms with Crippen LogP contribution in [0.1, 0.15) is 13.8 Å². The number of cyclic esters (lactones) is 1. The van der Waals surface area contributed by atoms with Crippen molar-refractivity contribution in [1.29, 1.82) is 0 Å². The largest absolute Gasteiger partial charge is 0.453 e. The van der Waals surface area contributed by atoms with E-state index in [4.69, 9.17) is 4.74 Å². The van der Waals surface area contributed by atoms with Gasteiger partial charge >= 0.3 is 12.2 Å². The molecule has 30 heavy (non-hydrogen) atoms. The minimum Gasteiger partial charge on any atom is -0.453 e. The molecule has 164 valence electrons. The number of anilines is 2. The van der Waals surface area contributed by atoms with E-state index in [2.05, 4.69) is 10.1 Å². The molecule has 2 heterocycles. The van der Waals surface area contributed by atoms with E-state index in [-0.39, 0.29) is 25.0 Å². The third-order valence-electron chi connectivity index (χ3n) is 5.30. The highest BCUT2D eigenvalue weighted by molar-refractivity contribution is 5.90. The van der Waals surface area contributed by atoms with Gasteiger partial charge in [-0.25, -0.2) is 19.0 Å². The van der Waals surface area contributed by atoms with Crippen molar-refractivity contribution < 1.29 is 33.5 Å². The Balaban J connectivity index is 1.68. The first-order chi connectivity index (χ1) is 14.2. The Hall–Kier alpha value is -3.08. The lowest BCUT2D eigenvalue weighted by molar-refractivity contribution is -0.166. The van der Waals surface area contributed by atoms with E-state index < -0.39 is 30.0 Å². The van der Waals surface area contributed by atoms with Crippen molar-refractivity contribution in [3.8, 4) is 0 Å². The summed E-state index contributed by atoms with van der Waals surface area (Å²) in [5.74, 6) is -0.984. The summed E-state index contributed by atoms with van der Waals surface area (Å²) in [7, 11) is 1.29. The maximum atomic E-state index is 14.9. The zero-order chi connectivity index (χ0) is 22.0. The first-order valence-corrected chi connectivity index (χ1v) is 9.53. The summed E-state index contributed by atoms with van der Waals surface area (Å²) in [6, 6.07) is 4.25. The number of alkyl carbamates (subject to hydrolysis) is 1. The van der Waals surface area contributed by atoms with Gasteiger partial charge in [-0.2, -0.15) is 0 Å². The van der Waals surface area contributed by atoms with Gasteiger partial charge in [0.25, 0.3) is 0 Å². The van der Waals surface area contributed by atoms with Gasteiger partial charge in [-0.05, 0) is 24.1 Å². The fourth-order valence-corrected chi connectivity index (χ4v) is 3.63. The van der Waals surface area contributed by atoms with Crippen LogP contribution < -0.4 is 15.1 Å². The maximum Gasteiger partial charge on any atom is 0.414 e. The number of hydrogen-bond donors (Lipinski definition) is 2. The number of nitrogens with zero attached hydrogens (tertiary/aromatic N) is 3. The highest BCUT2D eigenvalue weighted by Gasteiger charge is 2.35. The van der Waals surface area contributed by atoms with Gasteiger partial charge in [0.2, 0.25) is 5.91 Å². The van der Waals surface area contributed by atoms with E-state index in [0.29, 0.717) is 29.5 Å². The van der Waals surface area contributed by atoms with Gasteiger partial charge in [0.05, 0.1) is 37.6 Å². The number of nitrogens with one attached hydrogen (secondary N) is 1. The average molecular weight is 424 g/mol. The summed E-state index contributed by atoms with van der Waals surface area (Å²) in [4.78, 5) is 37.8. The Labute approximate surface area is 173 Å². The monoisotopic (exact) mass is 424 g/mol. The number of rotatable bonds is 5. The average Bonchev–Trinajstić information content (AvgIpc) is 3.23. The minimum atomic E-state index is -0.723. The number of methoxy groups -OCH3 is 1. The van der Waals surface area contributed by atoms with Crippen LogP contribution in [-0.4, -0.2) is 73.8 Å². The van der Waals surface area contributed by atoms with E-state index in [1.165, 1.54) is 25.0 Å². The Morgan fingerprint density at radius 2 is 2.10 bits per heavy atom. The van der Waals surface area contributed by atoms with Gasteiger partial charge in [0.1, 0.15) is 11.9 Å². The van der Waals surface area contributed by atoms with Crippen LogP contribution in [0.5, 0.6) is 0 Å². The van der Waals surface area contributed by atoms with E-state index >= 15 is 0 Å². The zero-order valence-corrected chi connectivity index (χ0v) is 17.0. The molecule has 0 aromatic heterocycles. The van der Waals surface area contributed by atoms with Crippen LogP contribution in [0.2, 0.25) is 0 Å². The van der Waals surface area contributed by atoms with Crippen LogP contribution in [0.15, 0.2) is 18.2 Å². The lowest BCUT2D eigenvalue weighted by Crippen LogP contribution is -2.39. The Morgan fingerprint density at radius 1 is 1.37 bits per heavy atom. The molecule has 1 aromatic carbocycles. The first kappa shape index (κ1) is 21.6. The van der Waals surface area contributed by atoms with Crippen LogP contribution in [0.25, 0.3) is 0 Å². The molecule has 2 N–H and O–H groups in total. The van der Waals surface area contributed by atoms with Crippen molar-refractivity contribution in [3.63, 3.8) is 0 Å². The standard InChI is InChI=1S/C19H25FN4O6/c1-11-7-22(10-16(11)21-18(26)29-3)17-5-4-13(6-15(17)20)23-8-14(30-19(23)27)9-24(28)12(2)25/h4-6,11,14,16,28H,7-10H2,1-3H3,(H,21,26)/t11-,14+,16-/m1/s1. The molecule has 2 fully saturated rings. The number of hydrogen-bond acceptors (Lipinski definition) is 7. The van der Waals surface area contributed by atoms with Gasteiger partial charge in [-0.1, -0.05) is 6.92 Å². The number of halogens is 1. The summed E-state index contributed by atoms with van der Waals surface area (Å²) >= 11 is 0. The number of ether oxygens (including phenoxy) is 2. The molecule has 3 amide bonds. The molecule has 0 aliphatic carbocycles. The van der Waals surface area contributed by atoms with Gasteiger partial charge in [0.15, 0.2) is 0 Å². The molecule has 2 aliphatic rings. The van der Waals surface area contributed by atoms with Crippen LogP contribution in [-0.2, 0) is 14.3 Å². The molecule has 0 radical (unpaired) electrons. The predicted octanol–water partition coefficient (Wildman–Crippen LogP) is 1.57. The molecule has 0 saturated carbocycles. The summed E-state index contributed by atoms with van der Waals surface area (Å²) in [5.41, 5.74) is 0.675. The Morgan fingerprint density at radius 3 is 2.73 bits per heavy atom. The number of carbonyl (C=O) groups is 3. The van der Waals surface area contributed by atoms with Gasteiger partial charge in [-0.15, -0.1) is 0 Å². The van der Waals surface area contributed by atoms with Crippen LogP contribution in [0.4, 0.5) is 25.4 Å². The molecule has 11 heteroatoms. The summed E-state index contributed by atoms with van der Waals surface area (Å²) in [5, 5.41) is 12.7. The highest BCUT2D eigenvalue weighted by Crippen LogP contribution is 2.31. The molecule has 3 atom stereocenters. The number of hydroxylamine groups is 2. The molecule has 1 aromatic rings. The fraction of sp³-hybridized carbons (Fsp3) is 0.526. The van der Waals surface area contributed by atoms with Crippen LogP contribution in [0.3, 0.4) is 0 Å². The minimum absolute atomic E-state index is 0.0772. The number of amides is 3. The van der Waals surface area contributed by atoms with Crippen molar-refractivity contribution in [2.24, 2.45) is 5.92 Å². The molecule has 2 aliphatic heterocycles. The third-order valence-corrected chi connectivity index (χ3v) is 5.30. The second-order valence-electron chi connectivity index (χ2n) is 7.48.